The zero-order valence-electron chi connectivity index (χ0n) is 19.7. The number of carbonyl (C=O) groups excluding carboxylic acids is 2. The van der Waals surface area contributed by atoms with Crippen LogP contribution in [0.1, 0.15) is 42.6 Å². The first-order valence-electron chi connectivity index (χ1n) is 11.5. The fraction of sp³-hybridized carbons (Fsp3) is 0.500. The molecule has 10 heteroatoms. The lowest BCUT2D eigenvalue weighted by molar-refractivity contribution is 0.0348. The third kappa shape index (κ3) is 5.11. The molecule has 2 fully saturated rings. The van der Waals surface area contributed by atoms with Crippen LogP contribution in [0, 0.1) is 11.7 Å². The first kappa shape index (κ1) is 23.9. The van der Waals surface area contributed by atoms with Crippen molar-refractivity contribution in [2.75, 3.05) is 37.0 Å². The maximum Gasteiger partial charge on any atom is 0.415 e. The number of aromatic nitrogens is 2. The predicted molar refractivity (Wildman–Crippen MR) is 124 cm³/mol. The van der Waals surface area contributed by atoms with Crippen molar-refractivity contribution >= 4 is 23.8 Å². The van der Waals surface area contributed by atoms with Gasteiger partial charge in [0, 0.05) is 32.9 Å². The van der Waals surface area contributed by atoms with Gasteiger partial charge in [-0.05, 0) is 42.5 Å². The minimum absolute atomic E-state index is 0.0603. The number of carbonyl (C=O) groups is 2. The van der Waals surface area contributed by atoms with Gasteiger partial charge in [0.2, 0.25) is 5.95 Å². The van der Waals surface area contributed by atoms with Crippen molar-refractivity contribution in [1.29, 1.82) is 0 Å². The molecule has 0 saturated carbocycles. The van der Waals surface area contributed by atoms with E-state index in [9.17, 15) is 14.0 Å². The summed E-state index contributed by atoms with van der Waals surface area (Å²) < 4.78 is 25.3. The Labute approximate surface area is 198 Å². The fourth-order valence-corrected chi connectivity index (χ4v) is 4.25. The second kappa shape index (κ2) is 10.3. The number of benzene rings is 1. The first-order valence-corrected chi connectivity index (χ1v) is 11.5. The molecule has 2 amide bonds. The zero-order chi connectivity index (χ0) is 24.2. The summed E-state index contributed by atoms with van der Waals surface area (Å²) in [6.45, 7) is 5.71. The molecule has 0 radical (unpaired) electrons. The molecular weight excluding hydrogens is 441 g/mol. The highest BCUT2D eigenvalue weighted by Crippen LogP contribution is 2.26. The van der Waals surface area contributed by atoms with Gasteiger partial charge < -0.3 is 19.7 Å². The van der Waals surface area contributed by atoms with Gasteiger partial charge in [-0.25, -0.2) is 14.2 Å². The van der Waals surface area contributed by atoms with Crippen LogP contribution in [-0.4, -0.2) is 65.8 Å². The maximum atomic E-state index is 14.8. The number of ether oxygens (including phenoxy) is 2. The number of halogens is 1. The second-order valence-corrected chi connectivity index (χ2v) is 8.89. The summed E-state index contributed by atoms with van der Waals surface area (Å²) in [6, 6.07) is 6.12. The van der Waals surface area contributed by atoms with E-state index in [1.807, 2.05) is 13.8 Å². The van der Waals surface area contributed by atoms with Gasteiger partial charge in [-0.1, -0.05) is 19.9 Å². The summed E-state index contributed by atoms with van der Waals surface area (Å²) in [5, 5.41) is 3.06. The average molecular weight is 472 g/mol. The number of piperidine rings is 1. The molecule has 0 spiro atoms. The molecule has 2 aliphatic heterocycles. The van der Waals surface area contributed by atoms with Crippen molar-refractivity contribution in [3.05, 3.63) is 47.4 Å². The summed E-state index contributed by atoms with van der Waals surface area (Å²) in [7, 11) is 1.67. The van der Waals surface area contributed by atoms with Gasteiger partial charge >= 0.3 is 6.09 Å². The number of nitrogens with zero attached hydrogens (tertiary/aromatic N) is 4. The quantitative estimate of drug-likeness (QED) is 0.661. The number of likely N-dealkylation sites (tertiary alicyclic amines) is 1. The summed E-state index contributed by atoms with van der Waals surface area (Å²) in [6.07, 6.45) is 2.77. The number of nitrogens with one attached hydrogen (secondary N) is 1. The van der Waals surface area contributed by atoms with Gasteiger partial charge in [0.15, 0.2) is 0 Å². The highest BCUT2D eigenvalue weighted by Gasteiger charge is 2.37. The van der Waals surface area contributed by atoms with Gasteiger partial charge in [0.25, 0.3) is 5.91 Å². The molecule has 0 bridgehead atoms. The van der Waals surface area contributed by atoms with Gasteiger partial charge in [-0.2, -0.15) is 4.98 Å². The average Bonchev–Trinajstić information content (AvgIpc) is 3.24. The predicted octanol–water partition coefficient (Wildman–Crippen LogP) is 3.46. The van der Waals surface area contributed by atoms with Crippen LogP contribution >= 0.6 is 0 Å². The monoisotopic (exact) mass is 471 g/mol. The van der Waals surface area contributed by atoms with Gasteiger partial charge in [0.1, 0.15) is 18.2 Å². The van der Waals surface area contributed by atoms with Crippen LogP contribution in [0.15, 0.2) is 30.5 Å². The third-order valence-corrected chi connectivity index (χ3v) is 6.34. The van der Waals surface area contributed by atoms with E-state index >= 15 is 0 Å². The number of rotatable bonds is 7. The van der Waals surface area contributed by atoms with Crippen LogP contribution in [0.2, 0.25) is 0 Å². The molecular formula is C24H30FN5O4. The Hall–Kier alpha value is -3.27. The van der Waals surface area contributed by atoms with E-state index in [0.717, 1.165) is 12.8 Å². The van der Waals surface area contributed by atoms with Crippen molar-refractivity contribution in [3.8, 4) is 0 Å². The molecule has 1 atom stereocenters. The lowest BCUT2D eigenvalue weighted by Crippen LogP contribution is -2.40. The SMILES string of the molecule is COC1CCN(C(=O)c2ccc(CNc3nccc(N4C(=O)OCC4C(C)C)n3)cc2F)CC1. The lowest BCUT2D eigenvalue weighted by atomic mass is 10.0. The maximum absolute atomic E-state index is 14.8. The Kier molecular flexibility index (Phi) is 7.26. The van der Waals surface area contributed by atoms with E-state index in [-0.39, 0.29) is 36.1 Å². The lowest BCUT2D eigenvalue weighted by Gasteiger charge is -2.31. The van der Waals surface area contributed by atoms with Crippen LogP contribution < -0.4 is 10.2 Å². The molecule has 1 aromatic heterocycles. The highest BCUT2D eigenvalue weighted by atomic mass is 19.1. The molecule has 2 saturated heterocycles. The summed E-state index contributed by atoms with van der Waals surface area (Å²) in [4.78, 5) is 36.8. The van der Waals surface area contributed by atoms with Crippen molar-refractivity contribution in [2.24, 2.45) is 5.92 Å². The smallest absolute Gasteiger partial charge is 0.415 e. The number of amides is 2. The number of anilines is 2. The number of hydrogen-bond donors (Lipinski definition) is 1. The minimum Gasteiger partial charge on any atom is -0.447 e. The highest BCUT2D eigenvalue weighted by molar-refractivity contribution is 5.94. The Balaban J connectivity index is 1.40. The van der Waals surface area contributed by atoms with Gasteiger partial charge in [-0.3, -0.25) is 9.69 Å². The van der Waals surface area contributed by atoms with Crippen LogP contribution in [-0.2, 0) is 16.0 Å². The van der Waals surface area contributed by atoms with Crippen molar-refractivity contribution in [2.45, 2.75) is 45.4 Å². The molecule has 1 aromatic carbocycles. The number of cyclic esters (lactones) is 1. The normalized spacial score (nSPS) is 19.0. The second-order valence-electron chi connectivity index (χ2n) is 8.89. The van der Waals surface area contributed by atoms with Gasteiger partial charge in [-0.15, -0.1) is 0 Å². The van der Waals surface area contributed by atoms with Crippen molar-refractivity contribution < 1.29 is 23.5 Å². The molecule has 1 unspecified atom stereocenters. The van der Waals surface area contributed by atoms with E-state index in [1.54, 1.807) is 30.3 Å². The molecule has 1 N–H and O–H groups in total. The van der Waals surface area contributed by atoms with E-state index < -0.39 is 11.9 Å². The third-order valence-electron chi connectivity index (χ3n) is 6.34. The molecule has 0 aliphatic carbocycles. The van der Waals surface area contributed by atoms with E-state index in [4.69, 9.17) is 9.47 Å². The fourth-order valence-electron chi connectivity index (χ4n) is 4.25. The topological polar surface area (TPSA) is 96.9 Å². The Bertz CT molecular complexity index is 1040. The number of methoxy groups -OCH3 is 1. The van der Waals surface area contributed by atoms with Crippen LogP contribution in [0.4, 0.5) is 21.0 Å². The van der Waals surface area contributed by atoms with E-state index in [2.05, 4.69) is 15.3 Å². The van der Waals surface area contributed by atoms with Crippen LogP contribution in [0.3, 0.4) is 0 Å². The molecule has 4 rings (SSSR count). The Morgan fingerprint density at radius 1 is 1.29 bits per heavy atom. The van der Waals surface area contributed by atoms with E-state index in [0.29, 0.717) is 37.0 Å². The standard InChI is InChI=1S/C24H30FN5O4/c1-15(2)20-14-34-24(32)30(20)21-6-9-26-23(28-21)27-13-16-4-5-18(19(25)12-16)22(31)29-10-7-17(33-3)8-11-29/h4-6,9,12,15,17,20H,7-8,10-11,13-14H2,1-3H3,(H,26,27,28). The van der Waals surface area contributed by atoms with Gasteiger partial charge in [0.05, 0.1) is 17.7 Å². The number of hydrogen-bond acceptors (Lipinski definition) is 7. The summed E-state index contributed by atoms with van der Waals surface area (Å²) in [5.41, 5.74) is 0.701. The van der Waals surface area contributed by atoms with Crippen LogP contribution in [0.5, 0.6) is 0 Å². The molecule has 182 valence electrons. The summed E-state index contributed by atoms with van der Waals surface area (Å²) >= 11 is 0. The minimum atomic E-state index is -0.563. The Morgan fingerprint density at radius 2 is 2.06 bits per heavy atom. The zero-order valence-corrected chi connectivity index (χ0v) is 19.7. The molecule has 34 heavy (non-hydrogen) atoms. The van der Waals surface area contributed by atoms with Crippen LogP contribution in [0.25, 0.3) is 0 Å². The summed E-state index contributed by atoms with van der Waals surface area (Å²) in [5.74, 6) is 0.0879. The molecule has 9 nitrogen and oxygen atoms in total. The Morgan fingerprint density at radius 3 is 2.74 bits per heavy atom. The molecule has 3 heterocycles. The first-order chi connectivity index (χ1) is 16.4. The van der Waals surface area contributed by atoms with E-state index in [1.165, 1.54) is 17.0 Å². The molecule has 2 aliphatic rings. The van der Waals surface area contributed by atoms with Crippen molar-refractivity contribution in [1.82, 2.24) is 14.9 Å². The molecule has 2 aromatic rings. The largest absolute Gasteiger partial charge is 0.447 e. The van der Waals surface area contributed by atoms with Crippen molar-refractivity contribution in [3.63, 3.8) is 0 Å².